The van der Waals surface area contributed by atoms with E-state index in [1.807, 2.05) is 37.3 Å². The Balaban J connectivity index is 1.95. The summed E-state index contributed by atoms with van der Waals surface area (Å²) in [4.78, 5) is 4.54. The highest BCUT2D eigenvalue weighted by Gasteiger charge is 2.27. The Kier molecular flexibility index (Phi) is 2.93. The Morgan fingerprint density at radius 3 is 2.84 bits per heavy atom. The van der Waals surface area contributed by atoms with Crippen LogP contribution in [0.5, 0.6) is 0 Å². The summed E-state index contributed by atoms with van der Waals surface area (Å²) in [5.41, 5.74) is 2.79. The summed E-state index contributed by atoms with van der Waals surface area (Å²) < 4.78 is 23.0. The molecule has 0 radical (unpaired) electrons. The number of para-hydroxylation sites is 1. The van der Waals surface area contributed by atoms with Gasteiger partial charge in [-0.2, -0.15) is 0 Å². The second-order valence-electron chi connectivity index (χ2n) is 5.07. The zero-order valence-corrected chi connectivity index (χ0v) is 11.6. The molecular formula is C14H16N2O2S. The van der Waals surface area contributed by atoms with E-state index in [1.54, 1.807) is 0 Å². The van der Waals surface area contributed by atoms with Crippen LogP contribution in [0.1, 0.15) is 12.1 Å². The Bertz CT molecular complexity index is 725. The van der Waals surface area contributed by atoms with E-state index in [1.165, 1.54) is 0 Å². The highest BCUT2D eigenvalue weighted by atomic mass is 32.2. The van der Waals surface area contributed by atoms with Gasteiger partial charge in [-0.25, -0.2) is 8.42 Å². The molecule has 1 aromatic carbocycles. The van der Waals surface area contributed by atoms with Crippen molar-refractivity contribution in [2.24, 2.45) is 0 Å². The molecule has 1 aromatic heterocycles. The summed E-state index contributed by atoms with van der Waals surface area (Å²) in [6.07, 6.45) is 0.671. The Morgan fingerprint density at radius 1 is 1.26 bits per heavy atom. The summed E-state index contributed by atoms with van der Waals surface area (Å²) in [6, 6.07) is 9.95. The average molecular weight is 276 g/mol. The number of rotatable bonds is 2. The molecule has 1 saturated heterocycles. The first-order chi connectivity index (χ1) is 9.03. The van der Waals surface area contributed by atoms with Crippen molar-refractivity contribution in [2.75, 3.05) is 16.8 Å². The molecule has 1 unspecified atom stereocenters. The lowest BCUT2D eigenvalue weighted by Gasteiger charge is -2.14. The van der Waals surface area contributed by atoms with E-state index in [2.05, 4.69) is 10.3 Å². The zero-order chi connectivity index (χ0) is 13.5. The topological polar surface area (TPSA) is 59.1 Å². The lowest BCUT2D eigenvalue weighted by Crippen LogP contribution is -2.20. The molecule has 5 heteroatoms. The number of nitrogens with zero attached hydrogens (tertiary/aromatic N) is 1. The number of fused-ring (bicyclic) bond motifs is 1. The summed E-state index contributed by atoms with van der Waals surface area (Å²) in [7, 11) is -2.86. The maximum Gasteiger partial charge on any atom is 0.152 e. The van der Waals surface area contributed by atoms with Gasteiger partial charge in [-0.1, -0.05) is 18.2 Å². The predicted octanol–water partition coefficient (Wildman–Crippen LogP) is 2.14. The molecule has 0 saturated carbocycles. The van der Waals surface area contributed by atoms with Crippen molar-refractivity contribution < 1.29 is 8.42 Å². The predicted molar refractivity (Wildman–Crippen MR) is 77.2 cm³/mol. The first-order valence-electron chi connectivity index (χ1n) is 6.37. The molecule has 0 bridgehead atoms. The molecule has 4 nitrogen and oxygen atoms in total. The molecule has 0 spiro atoms. The number of aromatic nitrogens is 1. The maximum absolute atomic E-state index is 11.5. The number of nitrogens with one attached hydrogen (secondary N) is 1. The number of benzene rings is 1. The monoisotopic (exact) mass is 276 g/mol. The molecule has 0 amide bonds. The molecule has 1 atom stereocenters. The van der Waals surface area contributed by atoms with Crippen LogP contribution in [0.25, 0.3) is 10.9 Å². The number of aryl methyl sites for hydroxylation is 1. The van der Waals surface area contributed by atoms with E-state index in [9.17, 15) is 8.42 Å². The van der Waals surface area contributed by atoms with Gasteiger partial charge in [-0.05, 0) is 25.5 Å². The van der Waals surface area contributed by atoms with Crippen molar-refractivity contribution in [3.8, 4) is 0 Å². The normalized spacial score (nSPS) is 21.6. The summed E-state index contributed by atoms with van der Waals surface area (Å²) >= 11 is 0. The Hall–Kier alpha value is -1.62. The molecule has 2 aromatic rings. The van der Waals surface area contributed by atoms with Crippen LogP contribution in [0, 0.1) is 6.92 Å². The van der Waals surface area contributed by atoms with Crippen LogP contribution < -0.4 is 5.32 Å². The van der Waals surface area contributed by atoms with Crippen LogP contribution in [-0.2, 0) is 9.84 Å². The minimum atomic E-state index is -2.86. The highest BCUT2D eigenvalue weighted by molar-refractivity contribution is 7.91. The smallest absolute Gasteiger partial charge is 0.152 e. The molecule has 3 rings (SSSR count). The molecule has 1 aliphatic rings. The first kappa shape index (κ1) is 12.4. The largest absolute Gasteiger partial charge is 0.379 e. The third-order valence-corrected chi connectivity index (χ3v) is 5.22. The van der Waals surface area contributed by atoms with Crippen molar-refractivity contribution >= 4 is 26.4 Å². The standard InChI is InChI=1S/C14H16N2O2S/c1-10-5-6-11-3-2-4-13(14(11)15-10)16-12-7-8-19(17,18)9-12/h2-6,12,16H,7-9H2,1H3. The SMILES string of the molecule is Cc1ccc2cccc(NC3CCS(=O)(=O)C3)c2n1. The quantitative estimate of drug-likeness (QED) is 0.913. The fourth-order valence-corrected chi connectivity index (χ4v) is 4.16. The van der Waals surface area contributed by atoms with Crippen molar-refractivity contribution in [3.63, 3.8) is 0 Å². The van der Waals surface area contributed by atoms with Crippen molar-refractivity contribution in [1.29, 1.82) is 0 Å². The van der Waals surface area contributed by atoms with E-state index in [-0.39, 0.29) is 17.5 Å². The second-order valence-corrected chi connectivity index (χ2v) is 7.30. The average Bonchev–Trinajstić information content (AvgIpc) is 2.69. The number of hydrogen-bond acceptors (Lipinski definition) is 4. The van der Waals surface area contributed by atoms with Gasteiger partial charge in [0.15, 0.2) is 9.84 Å². The van der Waals surface area contributed by atoms with Gasteiger partial charge in [0.05, 0.1) is 22.7 Å². The third kappa shape index (κ3) is 2.56. The Labute approximate surface area is 112 Å². The summed E-state index contributed by atoms with van der Waals surface area (Å²) in [5.74, 6) is 0.497. The minimum absolute atomic E-state index is 0.00193. The number of hydrogen-bond donors (Lipinski definition) is 1. The van der Waals surface area contributed by atoms with Crippen LogP contribution in [0.3, 0.4) is 0 Å². The summed E-state index contributed by atoms with van der Waals surface area (Å²) in [5, 5.41) is 4.39. The van der Waals surface area contributed by atoms with Crippen LogP contribution >= 0.6 is 0 Å². The van der Waals surface area contributed by atoms with Crippen LogP contribution in [0.15, 0.2) is 30.3 Å². The number of anilines is 1. The lowest BCUT2D eigenvalue weighted by molar-refractivity contribution is 0.602. The fraction of sp³-hybridized carbons (Fsp3) is 0.357. The lowest BCUT2D eigenvalue weighted by atomic mass is 10.1. The summed E-state index contributed by atoms with van der Waals surface area (Å²) in [6.45, 7) is 1.95. The third-order valence-electron chi connectivity index (χ3n) is 3.45. The van der Waals surface area contributed by atoms with Gasteiger partial charge in [-0.15, -0.1) is 0 Å². The molecule has 19 heavy (non-hydrogen) atoms. The van der Waals surface area contributed by atoms with E-state index in [0.29, 0.717) is 6.42 Å². The first-order valence-corrected chi connectivity index (χ1v) is 8.19. The van der Waals surface area contributed by atoms with Gasteiger partial charge < -0.3 is 5.32 Å². The van der Waals surface area contributed by atoms with E-state index >= 15 is 0 Å². The number of sulfone groups is 1. The van der Waals surface area contributed by atoms with Gasteiger partial charge in [0, 0.05) is 17.1 Å². The molecule has 100 valence electrons. The zero-order valence-electron chi connectivity index (χ0n) is 10.8. The molecule has 0 aliphatic carbocycles. The van der Waals surface area contributed by atoms with Crippen LogP contribution in [0.4, 0.5) is 5.69 Å². The minimum Gasteiger partial charge on any atom is -0.379 e. The van der Waals surface area contributed by atoms with Crippen LogP contribution in [0.2, 0.25) is 0 Å². The van der Waals surface area contributed by atoms with E-state index < -0.39 is 9.84 Å². The molecule has 2 heterocycles. The van der Waals surface area contributed by atoms with E-state index in [4.69, 9.17) is 0 Å². The maximum atomic E-state index is 11.5. The number of pyridine rings is 1. The van der Waals surface area contributed by atoms with Gasteiger partial charge in [-0.3, -0.25) is 4.98 Å². The molecule has 1 aliphatic heterocycles. The molecule has 1 fully saturated rings. The van der Waals surface area contributed by atoms with Gasteiger partial charge in [0.25, 0.3) is 0 Å². The van der Waals surface area contributed by atoms with Crippen molar-refractivity contribution in [2.45, 2.75) is 19.4 Å². The van der Waals surface area contributed by atoms with Gasteiger partial charge >= 0.3 is 0 Å². The van der Waals surface area contributed by atoms with Gasteiger partial charge in [0.1, 0.15) is 0 Å². The van der Waals surface area contributed by atoms with E-state index in [0.717, 1.165) is 22.3 Å². The second kappa shape index (κ2) is 4.49. The van der Waals surface area contributed by atoms with Gasteiger partial charge in [0.2, 0.25) is 0 Å². The van der Waals surface area contributed by atoms with Crippen molar-refractivity contribution in [3.05, 3.63) is 36.0 Å². The van der Waals surface area contributed by atoms with Crippen molar-refractivity contribution in [1.82, 2.24) is 4.98 Å². The molecule has 1 N–H and O–H groups in total. The molecular weight excluding hydrogens is 260 g/mol. The highest BCUT2D eigenvalue weighted by Crippen LogP contribution is 2.24. The fourth-order valence-electron chi connectivity index (χ4n) is 2.49. The van der Waals surface area contributed by atoms with Crippen LogP contribution in [-0.4, -0.2) is 30.9 Å². The Morgan fingerprint density at radius 2 is 2.11 bits per heavy atom.